The van der Waals surface area contributed by atoms with Gasteiger partial charge < -0.3 is 40.7 Å². The number of aromatic hydroxyl groups is 1. The Bertz CT molecular complexity index is 2220. The number of fused-ring (bicyclic) bond motifs is 1. The molecular weight excluding hydrogens is 689 g/mol. The monoisotopic (exact) mass is 730 g/mol. The van der Waals surface area contributed by atoms with Gasteiger partial charge in [-0.15, -0.1) is 0 Å². The van der Waals surface area contributed by atoms with Crippen LogP contribution in [0.2, 0.25) is 0 Å². The first-order valence-electron chi connectivity index (χ1n) is 17.9. The first-order chi connectivity index (χ1) is 25.9. The van der Waals surface area contributed by atoms with Crippen LogP contribution in [0.5, 0.6) is 5.75 Å². The number of hydrogen-bond donors (Lipinski definition) is 6. The number of anilines is 2. The second-order valence-corrected chi connectivity index (χ2v) is 14.2. The van der Waals surface area contributed by atoms with Gasteiger partial charge in [0.05, 0.1) is 16.9 Å². The summed E-state index contributed by atoms with van der Waals surface area (Å²) < 4.78 is 6.54. The summed E-state index contributed by atoms with van der Waals surface area (Å²) in [5.74, 6) is 0.620. The predicted molar refractivity (Wildman–Crippen MR) is 210 cm³/mol. The maximum Gasteiger partial charge on any atom is 0.319 e. The standard InChI is InChI=1S/C41H42N6O5S/c48-35-16-12-29(38-37(35)46-41(51)53-38)18-22-42-26-32-15-17-36(52-32)39(49)43-30-13-10-27(11-14-30)19-23-47-24-20-31(21-25-47)44-40(50)45-34-9-5-4-8-33(34)28-6-2-1-3-7-28/h1-17,31,42,48H,18-26H2,(H,43,49)(H,46,51)(H2,44,45,50). The van der Waals surface area contributed by atoms with Crippen LogP contribution in [0.15, 0.2) is 112 Å². The second-order valence-electron chi connectivity index (χ2n) is 13.2. The summed E-state index contributed by atoms with van der Waals surface area (Å²) in [7, 11) is 0. The zero-order chi connectivity index (χ0) is 36.6. The van der Waals surface area contributed by atoms with E-state index in [4.69, 9.17) is 4.42 Å². The number of amides is 3. The smallest absolute Gasteiger partial charge is 0.319 e. The van der Waals surface area contributed by atoms with E-state index in [9.17, 15) is 19.5 Å². The van der Waals surface area contributed by atoms with Crippen LogP contribution in [0.4, 0.5) is 16.2 Å². The van der Waals surface area contributed by atoms with Crippen molar-refractivity contribution in [2.45, 2.75) is 38.3 Å². The molecule has 1 aliphatic rings. The number of aromatic nitrogens is 1. The van der Waals surface area contributed by atoms with E-state index < -0.39 is 0 Å². The number of H-pyrrole nitrogens is 1. The molecule has 3 heterocycles. The molecule has 2 aromatic heterocycles. The molecule has 272 valence electrons. The van der Waals surface area contributed by atoms with Crippen molar-refractivity contribution in [1.29, 1.82) is 0 Å². The lowest BCUT2D eigenvalue weighted by molar-refractivity contribution is 0.0994. The molecule has 11 nitrogen and oxygen atoms in total. The van der Waals surface area contributed by atoms with E-state index in [-0.39, 0.29) is 34.4 Å². The number of nitrogens with zero attached hydrogens (tertiary/aromatic N) is 1. The number of urea groups is 1. The largest absolute Gasteiger partial charge is 0.506 e. The number of furan rings is 1. The van der Waals surface area contributed by atoms with E-state index in [2.05, 4.69) is 31.2 Å². The van der Waals surface area contributed by atoms with Gasteiger partial charge in [-0.05, 0) is 85.3 Å². The molecule has 12 heteroatoms. The highest BCUT2D eigenvalue weighted by Crippen LogP contribution is 2.29. The van der Waals surface area contributed by atoms with Crippen molar-refractivity contribution in [2.24, 2.45) is 0 Å². The number of hydrogen-bond acceptors (Lipinski definition) is 8. The average Bonchev–Trinajstić information content (AvgIpc) is 3.82. The number of carbonyl (C=O) groups is 2. The van der Waals surface area contributed by atoms with Crippen molar-refractivity contribution < 1.29 is 19.1 Å². The molecule has 0 saturated carbocycles. The fourth-order valence-corrected chi connectivity index (χ4v) is 7.54. The third-order valence-electron chi connectivity index (χ3n) is 9.51. The number of likely N-dealkylation sites (tertiary alicyclic amines) is 1. The van der Waals surface area contributed by atoms with E-state index in [1.165, 1.54) is 5.56 Å². The molecular formula is C41H42N6O5S. The summed E-state index contributed by atoms with van der Waals surface area (Å²) in [5, 5.41) is 22.4. The van der Waals surface area contributed by atoms with Gasteiger partial charge in [0.1, 0.15) is 17.0 Å². The first kappa shape index (κ1) is 35.7. The van der Waals surface area contributed by atoms with E-state index in [1.54, 1.807) is 18.2 Å². The Morgan fingerprint density at radius 1 is 0.868 bits per heavy atom. The number of carbonyl (C=O) groups excluding carboxylic acids is 2. The number of thiazole rings is 1. The van der Waals surface area contributed by atoms with Gasteiger partial charge in [0.15, 0.2) is 5.76 Å². The van der Waals surface area contributed by atoms with Crippen LogP contribution in [0, 0.1) is 0 Å². The number of para-hydroxylation sites is 1. The zero-order valence-electron chi connectivity index (χ0n) is 29.2. The zero-order valence-corrected chi connectivity index (χ0v) is 30.0. The van der Waals surface area contributed by atoms with Crippen molar-refractivity contribution in [2.75, 3.05) is 36.8 Å². The van der Waals surface area contributed by atoms with Gasteiger partial charge in [0.2, 0.25) is 0 Å². The molecule has 4 aromatic carbocycles. The normalized spacial score (nSPS) is 13.6. The van der Waals surface area contributed by atoms with Crippen molar-refractivity contribution in [3.8, 4) is 16.9 Å². The molecule has 7 rings (SSSR count). The van der Waals surface area contributed by atoms with Gasteiger partial charge in [0, 0.05) is 36.9 Å². The molecule has 1 saturated heterocycles. The Kier molecular flexibility index (Phi) is 11.3. The van der Waals surface area contributed by atoms with Crippen LogP contribution in [0.3, 0.4) is 0 Å². The number of aromatic amines is 1. The first-order valence-corrected chi connectivity index (χ1v) is 18.7. The molecule has 0 radical (unpaired) electrons. The molecule has 0 aliphatic carbocycles. The minimum absolute atomic E-state index is 0.0653. The Morgan fingerprint density at radius 2 is 1.64 bits per heavy atom. The van der Waals surface area contributed by atoms with Crippen LogP contribution in [-0.4, -0.2) is 59.1 Å². The van der Waals surface area contributed by atoms with Crippen LogP contribution >= 0.6 is 11.3 Å². The van der Waals surface area contributed by atoms with Gasteiger partial charge >= 0.3 is 10.9 Å². The third kappa shape index (κ3) is 9.22. The molecule has 53 heavy (non-hydrogen) atoms. The van der Waals surface area contributed by atoms with Gasteiger partial charge in [-0.25, -0.2) is 4.79 Å². The van der Waals surface area contributed by atoms with E-state index in [0.29, 0.717) is 36.5 Å². The van der Waals surface area contributed by atoms with Gasteiger partial charge in [-0.3, -0.25) is 9.59 Å². The van der Waals surface area contributed by atoms with E-state index in [0.717, 1.165) is 77.3 Å². The predicted octanol–water partition coefficient (Wildman–Crippen LogP) is 6.97. The fraction of sp³-hybridized carbons (Fsp3) is 0.244. The van der Waals surface area contributed by atoms with Crippen LogP contribution in [0.25, 0.3) is 21.3 Å². The minimum Gasteiger partial charge on any atom is -0.506 e. The highest BCUT2D eigenvalue weighted by Gasteiger charge is 2.21. The Labute approximate surface area is 311 Å². The molecule has 0 atom stereocenters. The van der Waals surface area contributed by atoms with Crippen molar-refractivity contribution in [3.63, 3.8) is 0 Å². The summed E-state index contributed by atoms with van der Waals surface area (Å²) in [6, 6.07) is 32.6. The molecule has 3 amide bonds. The lowest BCUT2D eigenvalue weighted by Crippen LogP contribution is -2.46. The molecule has 0 unspecified atom stereocenters. The van der Waals surface area contributed by atoms with Crippen molar-refractivity contribution >= 4 is 44.9 Å². The number of piperidine rings is 1. The van der Waals surface area contributed by atoms with Crippen molar-refractivity contribution in [3.05, 3.63) is 135 Å². The summed E-state index contributed by atoms with van der Waals surface area (Å²) in [6.07, 6.45) is 3.34. The molecule has 6 N–H and O–H groups in total. The maximum atomic E-state index is 12.9. The Balaban J connectivity index is 0.802. The number of nitrogens with one attached hydrogen (secondary N) is 5. The van der Waals surface area contributed by atoms with Crippen LogP contribution in [0.1, 0.15) is 40.3 Å². The van der Waals surface area contributed by atoms with Crippen LogP contribution < -0.4 is 26.1 Å². The fourth-order valence-electron chi connectivity index (χ4n) is 6.64. The third-order valence-corrected chi connectivity index (χ3v) is 10.5. The SMILES string of the molecule is O=C(Nc1ccccc1-c1ccccc1)NC1CCN(CCc2ccc(NC(=O)c3ccc(CNCCc4ccc(O)c5[nH]c(=O)sc45)o3)cc2)CC1. The number of benzene rings is 4. The lowest BCUT2D eigenvalue weighted by atomic mass is 10.0. The topological polar surface area (TPSA) is 152 Å². The minimum atomic E-state index is -0.316. The Hall–Kier alpha value is -5.69. The lowest BCUT2D eigenvalue weighted by Gasteiger charge is -2.32. The molecule has 0 spiro atoms. The maximum absolute atomic E-state index is 12.9. The average molecular weight is 731 g/mol. The van der Waals surface area contributed by atoms with Gasteiger partial charge in [-0.1, -0.05) is 78.1 Å². The molecule has 1 fully saturated rings. The second kappa shape index (κ2) is 16.8. The number of phenols is 1. The van der Waals surface area contributed by atoms with E-state index >= 15 is 0 Å². The van der Waals surface area contributed by atoms with E-state index in [1.807, 2.05) is 84.9 Å². The van der Waals surface area contributed by atoms with Crippen molar-refractivity contribution in [1.82, 2.24) is 20.5 Å². The van der Waals surface area contributed by atoms with Gasteiger partial charge in [0.25, 0.3) is 5.91 Å². The highest BCUT2D eigenvalue weighted by atomic mass is 32.1. The summed E-state index contributed by atoms with van der Waals surface area (Å²) in [6.45, 7) is 3.82. The quantitative estimate of drug-likeness (QED) is 0.0703. The number of rotatable bonds is 13. The summed E-state index contributed by atoms with van der Waals surface area (Å²) >= 11 is 1.09. The van der Waals surface area contributed by atoms with Gasteiger partial charge in [-0.2, -0.15) is 0 Å². The molecule has 0 bridgehead atoms. The number of phenolic OH excluding ortho intramolecular Hbond substituents is 1. The summed E-state index contributed by atoms with van der Waals surface area (Å²) in [4.78, 5) is 42.4. The highest BCUT2D eigenvalue weighted by molar-refractivity contribution is 7.16. The molecule has 6 aromatic rings. The Morgan fingerprint density at radius 3 is 2.45 bits per heavy atom. The molecule has 1 aliphatic heterocycles. The summed E-state index contributed by atoms with van der Waals surface area (Å²) in [5.41, 5.74) is 6.16. The van der Waals surface area contributed by atoms with Crippen LogP contribution in [-0.2, 0) is 19.4 Å².